The number of rotatable bonds is 11. The van der Waals surface area contributed by atoms with Crippen molar-refractivity contribution in [1.29, 1.82) is 5.26 Å². The molecule has 0 radical (unpaired) electrons. The molecular formula is C47H53ClN10O4. The highest BCUT2D eigenvalue weighted by atomic mass is 35.5. The number of anilines is 1. The first-order valence-corrected chi connectivity index (χ1v) is 22.1. The van der Waals surface area contributed by atoms with Crippen LogP contribution in [0.25, 0.3) is 11.0 Å². The third kappa shape index (κ3) is 8.46. The number of aryl methyl sites for hydroxylation is 1. The Kier molecular flexibility index (Phi) is 11.6. The van der Waals surface area contributed by atoms with Gasteiger partial charge in [0.05, 0.1) is 28.4 Å². The van der Waals surface area contributed by atoms with Gasteiger partial charge in [0, 0.05) is 101 Å². The normalized spacial score (nSPS) is 20.0. The van der Waals surface area contributed by atoms with Gasteiger partial charge in [0.25, 0.3) is 0 Å². The smallest absolute Gasteiger partial charge is 0.329 e. The molecule has 14 nitrogen and oxygen atoms in total. The molecule has 4 saturated heterocycles. The number of imidazole rings is 1. The number of piperazine rings is 1. The number of hydrogen-bond acceptors (Lipinski definition) is 11. The van der Waals surface area contributed by atoms with E-state index in [-0.39, 0.29) is 23.4 Å². The number of hydrogen-bond donors (Lipinski definition) is 1. The van der Waals surface area contributed by atoms with E-state index < -0.39 is 11.9 Å². The number of nitriles is 1. The Bertz CT molecular complexity index is 2580. The van der Waals surface area contributed by atoms with Crippen LogP contribution >= 0.6 is 11.6 Å². The Morgan fingerprint density at radius 2 is 1.60 bits per heavy atom. The van der Waals surface area contributed by atoms with Crippen molar-refractivity contribution in [2.24, 2.45) is 7.05 Å². The summed E-state index contributed by atoms with van der Waals surface area (Å²) in [5, 5.41) is 12.4. The van der Waals surface area contributed by atoms with Gasteiger partial charge in [-0.25, -0.2) is 14.8 Å². The maximum Gasteiger partial charge on any atom is 0.329 e. The first-order valence-electron chi connectivity index (χ1n) is 21.7. The van der Waals surface area contributed by atoms with Gasteiger partial charge in [0.15, 0.2) is 0 Å². The summed E-state index contributed by atoms with van der Waals surface area (Å²) in [6, 6.07) is 24.2. The molecule has 0 aliphatic carbocycles. The lowest BCUT2D eigenvalue weighted by Gasteiger charge is -2.49. The molecule has 9 rings (SSSR count). The van der Waals surface area contributed by atoms with Crippen LogP contribution in [0.4, 0.5) is 5.95 Å². The molecule has 0 bridgehead atoms. The third-order valence-electron chi connectivity index (χ3n) is 13.6. The Balaban J connectivity index is 0.713. The number of halogens is 1. The summed E-state index contributed by atoms with van der Waals surface area (Å²) in [5.41, 5.74) is 5.54. The van der Waals surface area contributed by atoms with Crippen LogP contribution in [0.5, 0.6) is 5.75 Å². The number of nitrogens with one attached hydrogen (secondary N) is 1. The fourth-order valence-electron chi connectivity index (χ4n) is 9.73. The van der Waals surface area contributed by atoms with E-state index in [0.29, 0.717) is 35.7 Å². The molecule has 322 valence electrons. The van der Waals surface area contributed by atoms with Crippen LogP contribution in [0.15, 0.2) is 77.7 Å². The Labute approximate surface area is 366 Å². The van der Waals surface area contributed by atoms with Gasteiger partial charge in [-0.1, -0.05) is 43.6 Å². The zero-order valence-electron chi connectivity index (χ0n) is 35.6. The van der Waals surface area contributed by atoms with Crippen molar-refractivity contribution < 1.29 is 14.3 Å². The molecule has 4 fully saturated rings. The fraction of sp³-hybridized carbons (Fsp3) is 0.447. The summed E-state index contributed by atoms with van der Waals surface area (Å²) in [6.45, 7) is 13.5. The lowest BCUT2D eigenvalue weighted by atomic mass is 9.78. The van der Waals surface area contributed by atoms with Crippen LogP contribution in [-0.2, 0) is 35.2 Å². The zero-order valence-corrected chi connectivity index (χ0v) is 36.4. The monoisotopic (exact) mass is 856 g/mol. The number of benzene rings is 3. The summed E-state index contributed by atoms with van der Waals surface area (Å²) in [7, 11) is 1.74. The van der Waals surface area contributed by atoms with E-state index in [9.17, 15) is 19.6 Å². The summed E-state index contributed by atoms with van der Waals surface area (Å²) < 4.78 is 9.30. The van der Waals surface area contributed by atoms with Crippen LogP contribution < -0.4 is 20.6 Å². The average Bonchev–Trinajstić information content (AvgIpc) is 3.51. The molecule has 1 atom stereocenters. The molecule has 1 unspecified atom stereocenters. The van der Waals surface area contributed by atoms with Crippen LogP contribution in [0.1, 0.15) is 73.5 Å². The molecule has 3 aromatic carbocycles. The molecule has 5 aromatic rings. The predicted molar refractivity (Wildman–Crippen MR) is 237 cm³/mol. The van der Waals surface area contributed by atoms with Gasteiger partial charge in [-0.05, 0) is 84.5 Å². The van der Waals surface area contributed by atoms with E-state index in [1.54, 1.807) is 17.7 Å². The second kappa shape index (κ2) is 17.3. The second-order valence-corrected chi connectivity index (χ2v) is 18.2. The summed E-state index contributed by atoms with van der Waals surface area (Å²) in [4.78, 5) is 57.0. The fourth-order valence-corrected chi connectivity index (χ4v) is 9.96. The Hall–Kier alpha value is -5.59. The van der Waals surface area contributed by atoms with Crippen molar-refractivity contribution in [3.05, 3.63) is 116 Å². The second-order valence-electron chi connectivity index (χ2n) is 17.8. The minimum absolute atomic E-state index is 0.228. The molecule has 2 aromatic heterocycles. The quantitative estimate of drug-likeness (QED) is 0.179. The van der Waals surface area contributed by atoms with Crippen LogP contribution in [-0.4, -0.2) is 110 Å². The zero-order chi connectivity index (χ0) is 43.1. The van der Waals surface area contributed by atoms with E-state index >= 15 is 0 Å². The lowest BCUT2D eigenvalue weighted by molar-refractivity contribution is -0.135. The van der Waals surface area contributed by atoms with Gasteiger partial charge in [-0.2, -0.15) is 5.26 Å². The highest BCUT2D eigenvalue weighted by Gasteiger charge is 2.36. The van der Waals surface area contributed by atoms with Crippen molar-refractivity contribution >= 4 is 40.4 Å². The first kappa shape index (κ1) is 41.7. The van der Waals surface area contributed by atoms with E-state index in [1.165, 1.54) is 17.4 Å². The minimum Gasteiger partial charge on any atom is -0.487 e. The number of imide groups is 1. The van der Waals surface area contributed by atoms with Gasteiger partial charge in [0.1, 0.15) is 18.4 Å². The predicted octanol–water partition coefficient (Wildman–Crippen LogP) is 5.01. The minimum atomic E-state index is -0.676. The number of ether oxygens (including phenoxy) is 1. The third-order valence-corrected chi connectivity index (χ3v) is 13.8. The molecule has 4 aliphatic rings. The molecule has 1 N–H and O–H groups in total. The standard InChI is InChI=1S/C47H53ClN10O4/c1-47(2,34-22-32(26-49)23-35(48)25-34)33-5-7-39(8-6-33)62-30-36-12-15-50-45(51-36)57-20-18-56(19-21-57)37-13-16-55(17-14-37)38-28-54(29-38)27-31-4-9-40-42(24-31)53(3)46(61)58(40)41-10-11-43(59)52-44(41)60/h4-9,12,15,22-25,37-38,41H,10-11,13-14,16-21,27-30H2,1-3H3,(H,52,59,60). The van der Waals surface area contributed by atoms with Crippen LogP contribution in [0.3, 0.4) is 0 Å². The SMILES string of the molecule is Cn1c(=O)n(C2CCC(=O)NC2=O)c2ccc(CN3CC(N4CCC(N5CCN(c6nccc(COc7ccc(C(C)(C)c8cc(Cl)cc(C#N)c8)cc7)n6)CC5)CC4)C3)cc21. The maximum atomic E-state index is 13.2. The Morgan fingerprint density at radius 3 is 2.32 bits per heavy atom. The molecule has 6 heterocycles. The number of fused-ring (bicyclic) bond motifs is 1. The summed E-state index contributed by atoms with van der Waals surface area (Å²) in [6.07, 6.45) is 4.73. The molecule has 2 amide bonds. The van der Waals surface area contributed by atoms with Crippen LogP contribution in [0.2, 0.25) is 5.02 Å². The molecular weight excluding hydrogens is 804 g/mol. The average molecular weight is 857 g/mol. The van der Waals surface area contributed by atoms with Crippen molar-refractivity contribution in [2.75, 3.05) is 57.3 Å². The van der Waals surface area contributed by atoms with Gasteiger partial charge in [-0.3, -0.25) is 38.7 Å². The number of piperidine rings is 2. The number of likely N-dealkylation sites (tertiary alicyclic amines) is 2. The molecule has 0 spiro atoms. The van der Waals surface area contributed by atoms with E-state index in [4.69, 9.17) is 21.3 Å². The van der Waals surface area contributed by atoms with Crippen molar-refractivity contribution in [1.82, 2.24) is 39.1 Å². The van der Waals surface area contributed by atoms with E-state index in [0.717, 1.165) is 104 Å². The highest BCUT2D eigenvalue weighted by molar-refractivity contribution is 6.30. The van der Waals surface area contributed by atoms with Gasteiger partial charge >= 0.3 is 5.69 Å². The van der Waals surface area contributed by atoms with Gasteiger partial charge in [0.2, 0.25) is 17.8 Å². The number of amides is 2. The maximum absolute atomic E-state index is 13.2. The molecule has 15 heteroatoms. The van der Waals surface area contributed by atoms with Gasteiger partial charge < -0.3 is 9.64 Å². The van der Waals surface area contributed by atoms with Crippen molar-refractivity contribution in [3.8, 4) is 11.8 Å². The summed E-state index contributed by atoms with van der Waals surface area (Å²) >= 11 is 6.31. The number of carbonyl (C=O) groups is 2. The highest BCUT2D eigenvalue weighted by Crippen LogP contribution is 2.35. The number of carbonyl (C=O) groups excluding carboxylic acids is 2. The first-order chi connectivity index (χ1) is 29.9. The van der Waals surface area contributed by atoms with E-state index in [2.05, 4.69) is 74.1 Å². The van der Waals surface area contributed by atoms with Crippen LogP contribution in [0, 0.1) is 11.3 Å². The largest absolute Gasteiger partial charge is 0.487 e. The van der Waals surface area contributed by atoms with Crippen molar-refractivity contribution in [2.45, 2.75) is 76.2 Å². The molecule has 62 heavy (non-hydrogen) atoms. The topological polar surface area (TPSA) is 145 Å². The number of aromatic nitrogens is 4. The van der Waals surface area contributed by atoms with Crippen molar-refractivity contribution in [3.63, 3.8) is 0 Å². The number of nitrogens with zero attached hydrogens (tertiary/aromatic N) is 9. The summed E-state index contributed by atoms with van der Waals surface area (Å²) in [5.74, 6) is 0.804. The van der Waals surface area contributed by atoms with Gasteiger partial charge in [-0.15, -0.1) is 0 Å². The Morgan fingerprint density at radius 1 is 0.855 bits per heavy atom. The lowest BCUT2D eigenvalue weighted by Crippen LogP contribution is -2.61. The molecule has 4 aliphatic heterocycles. The van der Waals surface area contributed by atoms with E-state index in [1.807, 2.05) is 42.6 Å². The molecule has 0 saturated carbocycles.